The molecule has 3 aliphatic rings. The first-order valence-corrected chi connectivity index (χ1v) is 13.0. The number of nitrogens with zero attached hydrogens (tertiary/aromatic N) is 5. The second kappa shape index (κ2) is 9.84. The molecule has 9 heteroatoms. The van der Waals surface area contributed by atoms with Crippen molar-refractivity contribution < 1.29 is 19.1 Å². The van der Waals surface area contributed by atoms with E-state index < -0.39 is 12.3 Å². The zero-order chi connectivity index (χ0) is 25.4. The van der Waals surface area contributed by atoms with Gasteiger partial charge in [0.05, 0.1) is 5.60 Å². The van der Waals surface area contributed by atoms with Crippen LogP contribution in [-0.2, 0) is 24.2 Å². The van der Waals surface area contributed by atoms with Gasteiger partial charge in [-0.25, -0.2) is 4.39 Å². The van der Waals surface area contributed by atoms with Crippen molar-refractivity contribution in [3.05, 3.63) is 46.3 Å². The molecule has 2 aliphatic heterocycles. The third-order valence-corrected chi connectivity index (χ3v) is 8.27. The Hall–Kier alpha value is -2.94. The van der Waals surface area contributed by atoms with Crippen LogP contribution in [0.1, 0.15) is 52.1 Å². The van der Waals surface area contributed by atoms with Gasteiger partial charge in [-0.05, 0) is 63.1 Å². The summed E-state index contributed by atoms with van der Waals surface area (Å²) in [5.74, 6) is -0.153. The van der Waals surface area contributed by atoms with Gasteiger partial charge in [0.2, 0.25) is 5.91 Å². The van der Waals surface area contributed by atoms with Crippen molar-refractivity contribution in [3.8, 4) is 0 Å². The monoisotopic (exact) mass is 497 g/mol. The lowest BCUT2D eigenvalue weighted by molar-refractivity contribution is -0.132. The van der Waals surface area contributed by atoms with Gasteiger partial charge in [-0.15, -0.1) is 0 Å². The van der Waals surface area contributed by atoms with Gasteiger partial charge in [0, 0.05) is 56.2 Å². The van der Waals surface area contributed by atoms with Crippen molar-refractivity contribution in [2.45, 2.75) is 58.1 Å². The number of anilines is 1. The highest BCUT2D eigenvalue weighted by Gasteiger charge is 2.37. The molecule has 2 amide bonds. The molecule has 0 unspecified atom stereocenters. The van der Waals surface area contributed by atoms with Gasteiger partial charge in [0.1, 0.15) is 13.2 Å². The maximum Gasteiger partial charge on any atom is 0.274 e. The van der Waals surface area contributed by atoms with Gasteiger partial charge in [-0.3, -0.25) is 14.3 Å². The maximum absolute atomic E-state index is 13.3. The van der Waals surface area contributed by atoms with Gasteiger partial charge in [-0.1, -0.05) is 12.1 Å². The van der Waals surface area contributed by atoms with Crippen LogP contribution in [0.15, 0.2) is 18.2 Å². The summed E-state index contributed by atoms with van der Waals surface area (Å²) >= 11 is 0. The smallest absolute Gasteiger partial charge is 0.274 e. The van der Waals surface area contributed by atoms with E-state index in [4.69, 9.17) is 0 Å². The normalized spacial score (nSPS) is 19.5. The Bertz CT molecular complexity index is 1150. The summed E-state index contributed by atoms with van der Waals surface area (Å²) in [6.45, 7) is 7.13. The number of amides is 2. The Balaban J connectivity index is 1.24. The van der Waals surface area contributed by atoms with Crippen molar-refractivity contribution in [2.75, 3.05) is 50.8 Å². The number of hydrogen-bond acceptors (Lipinski definition) is 5. The molecule has 194 valence electrons. The number of alkyl halides is 1. The first kappa shape index (κ1) is 24.7. The predicted molar refractivity (Wildman–Crippen MR) is 135 cm³/mol. The first-order chi connectivity index (χ1) is 17.3. The summed E-state index contributed by atoms with van der Waals surface area (Å²) in [5.41, 5.74) is 4.80. The van der Waals surface area contributed by atoms with Gasteiger partial charge in [0.15, 0.2) is 5.69 Å². The lowest BCUT2D eigenvalue weighted by Crippen LogP contribution is -2.50. The Morgan fingerprint density at radius 1 is 1.03 bits per heavy atom. The van der Waals surface area contributed by atoms with Crippen LogP contribution >= 0.6 is 0 Å². The van der Waals surface area contributed by atoms with E-state index in [9.17, 15) is 19.1 Å². The molecule has 2 saturated heterocycles. The molecule has 0 atom stereocenters. The molecule has 1 aromatic carbocycles. The summed E-state index contributed by atoms with van der Waals surface area (Å²) in [4.78, 5) is 32.4. The number of rotatable bonds is 5. The number of benzene rings is 1. The van der Waals surface area contributed by atoms with E-state index in [0.29, 0.717) is 31.9 Å². The highest BCUT2D eigenvalue weighted by Crippen LogP contribution is 2.29. The van der Waals surface area contributed by atoms with Crippen molar-refractivity contribution in [1.82, 2.24) is 19.6 Å². The number of carbonyl (C=O) groups excluding carboxylic acids is 2. The number of hydrogen-bond donors (Lipinski definition) is 1. The number of piperidine rings is 1. The van der Waals surface area contributed by atoms with Crippen molar-refractivity contribution in [2.24, 2.45) is 0 Å². The minimum Gasteiger partial charge on any atom is -0.387 e. The van der Waals surface area contributed by atoms with Crippen LogP contribution in [0, 0.1) is 13.8 Å². The molecule has 2 fully saturated rings. The molecule has 0 bridgehead atoms. The molecule has 0 radical (unpaired) electrons. The Kier molecular flexibility index (Phi) is 6.76. The van der Waals surface area contributed by atoms with Crippen molar-refractivity contribution in [1.29, 1.82) is 0 Å². The summed E-state index contributed by atoms with van der Waals surface area (Å²) in [6.07, 6.45) is 2.99. The standard InChI is InChI=1S/C27H36FN5O3/c1-19-5-3-7-22(20(19)2)30-13-15-31(16-14-30)24(34)17-33-23-8-4-6-21(23)25(29-33)26(35)32-11-9-27(36,18-28)10-12-32/h3,5,7,36H,4,6,8-18H2,1-2H3. The minimum atomic E-state index is -1.33. The Labute approximate surface area is 211 Å². The molecule has 5 rings (SSSR count). The highest BCUT2D eigenvalue weighted by molar-refractivity contribution is 5.94. The number of halogens is 1. The highest BCUT2D eigenvalue weighted by atomic mass is 19.1. The molecule has 1 aliphatic carbocycles. The van der Waals surface area contributed by atoms with Crippen LogP contribution in [0.3, 0.4) is 0 Å². The summed E-state index contributed by atoms with van der Waals surface area (Å²) in [7, 11) is 0. The van der Waals surface area contributed by atoms with E-state index in [1.54, 1.807) is 9.58 Å². The van der Waals surface area contributed by atoms with Gasteiger partial charge in [-0.2, -0.15) is 5.10 Å². The second-order valence-corrected chi connectivity index (χ2v) is 10.5. The van der Waals surface area contributed by atoms with Crippen LogP contribution in [-0.4, -0.2) is 88.0 Å². The molecule has 0 spiro atoms. The van der Waals surface area contributed by atoms with E-state index in [-0.39, 0.29) is 31.2 Å². The third kappa shape index (κ3) is 4.61. The van der Waals surface area contributed by atoms with Crippen LogP contribution in [0.2, 0.25) is 0 Å². The fourth-order valence-electron chi connectivity index (χ4n) is 5.72. The molecule has 2 aromatic rings. The molecular weight excluding hydrogens is 461 g/mol. The van der Waals surface area contributed by atoms with E-state index in [1.165, 1.54) is 16.8 Å². The number of carbonyl (C=O) groups is 2. The molecule has 1 N–H and O–H groups in total. The number of aromatic nitrogens is 2. The number of aliphatic hydroxyl groups is 1. The number of likely N-dealkylation sites (tertiary alicyclic amines) is 1. The molecular formula is C27H36FN5O3. The molecule has 0 saturated carbocycles. The zero-order valence-corrected chi connectivity index (χ0v) is 21.3. The average molecular weight is 498 g/mol. The lowest BCUT2D eigenvalue weighted by Gasteiger charge is -2.37. The van der Waals surface area contributed by atoms with E-state index in [1.807, 2.05) is 4.90 Å². The largest absolute Gasteiger partial charge is 0.387 e. The average Bonchev–Trinajstić information content (AvgIpc) is 3.50. The van der Waals surface area contributed by atoms with Crippen LogP contribution < -0.4 is 4.90 Å². The quantitative estimate of drug-likeness (QED) is 0.686. The predicted octanol–water partition coefficient (Wildman–Crippen LogP) is 2.27. The fourth-order valence-corrected chi connectivity index (χ4v) is 5.72. The van der Waals surface area contributed by atoms with Gasteiger partial charge in [0.25, 0.3) is 5.91 Å². The number of piperazine rings is 1. The van der Waals surface area contributed by atoms with Gasteiger partial charge >= 0.3 is 0 Å². The Morgan fingerprint density at radius 3 is 2.44 bits per heavy atom. The Morgan fingerprint density at radius 2 is 1.75 bits per heavy atom. The summed E-state index contributed by atoms with van der Waals surface area (Å²) in [5, 5.41) is 14.8. The number of aryl methyl sites for hydroxylation is 1. The van der Waals surface area contributed by atoms with Crippen molar-refractivity contribution >= 4 is 17.5 Å². The molecule has 1 aromatic heterocycles. The topological polar surface area (TPSA) is 81.9 Å². The van der Waals surface area contributed by atoms with Crippen LogP contribution in [0.5, 0.6) is 0 Å². The third-order valence-electron chi connectivity index (χ3n) is 8.27. The molecule has 36 heavy (non-hydrogen) atoms. The zero-order valence-electron chi connectivity index (χ0n) is 21.3. The van der Waals surface area contributed by atoms with E-state index in [2.05, 4.69) is 42.0 Å². The SMILES string of the molecule is Cc1cccc(N2CCN(C(=O)Cn3nc(C(=O)N4CCC(O)(CF)CC4)c4c3CCC4)CC2)c1C. The molecule has 8 nitrogen and oxygen atoms in total. The summed E-state index contributed by atoms with van der Waals surface area (Å²) < 4.78 is 14.8. The van der Waals surface area contributed by atoms with Crippen LogP contribution in [0.25, 0.3) is 0 Å². The van der Waals surface area contributed by atoms with Crippen LogP contribution in [0.4, 0.5) is 10.1 Å². The number of fused-ring (bicyclic) bond motifs is 1. The minimum absolute atomic E-state index is 0.0257. The first-order valence-electron chi connectivity index (χ1n) is 13.0. The van der Waals surface area contributed by atoms with Crippen molar-refractivity contribution in [3.63, 3.8) is 0 Å². The van der Waals surface area contributed by atoms with E-state index >= 15 is 0 Å². The summed E-state index contributed by atoms with van der Waals surface area (Å²) in [6, 6.07) is 6.35. The second-order valence-electron chi connectivity index (χ2n) is 10.5. The molecule has 3 heterocycles. The maximum atomic E-state index is 13.3. The lowest BCUT2D eigenvalue weighted by atomic mass is 9.92. The fraction of sp³-hybridized carbons (Fsp3) is 0.593. The van der Waals surface area contributed by atoms with Gasteiger partial charge < -0.3 is 19.8 Å². The van der Waals surface area contributed by atoms with E-state index in [0.717, 1.165) is 43.6 Å².